The van der Waals surface area contributed by atoms with Crippen molar-refractivity contribution in [2.45, 2.75) is 24.8 Å². The van der Waals surface area contributed by atoms with E-state index >= 15 is 0 Å². The highest BCUT2D eigenvalue weighted by atomic mass is 35.5. The first-order valence-corrected chi connectivity index (χ1v) is 11.9. The van der Waals surface area contributed by atoms with Crippen LogP contribution in [0.2, 0.25) is 5.02 Å². The summed E-state index contributed by atoms with van der Waals surface area (Å²) in [5.41, 5.74) is 4.13. The highest BCUT2D eigenvalue weighted by Crippen LogP contribution is 2.34. The van der Waals surface area contributed by atoms with Crippen LogP contribution in [0.25, 0.3) is 23.0 Å². The van der Waals surface area contributed by atoms with E-state index in [9.17, 15) is 8.42 Å². The maximum atomic E-state index is 13.3. The van der Waals surface area contributed by atoms with Crippen LogP contribution in [0.15, 0.2) is 57.8 Å². The van der Waals surface area contributed by atoms with Gasteiger partial charge in [0.2, 0.25) is 15.9 Å². The summed E-state index contributed by atoms with van der Waals surface area (Å²) in [4.78, 5) is 0.0926. The Kier molecular flexibility index (Phi) is 5.11. The highest BCUT2D eigenvalue weighted by Gasteiger charge is 2.34. The molecule has 8 nitrogen and oxygen atoms in total. The van der Waals surface area contributed by atoms with Crippen LogP contribution in [-0.4, -0.2) is 39.2 Å². The van der Waals surface area contributed by atoms with E-state index in [0.29, 0.717) is 24.6 Å². The highest BCUT2D eigenvalue weighted by molar-refractivity contribution is 7.89. The van der Waals surface area contributed by atoms with Crippen molar-refractivity contribution >= 4 is 21.6 Å². The molecule has 0 bridgehead atoms. The van der Waals surface area contributed by atoms with Crippen LogP contribution >= 0.6 is 11.6 Å². The summed E-state index contributed by atoms with van der Waals surface area (Å²) in [6, 6.07) is 14.2. The number of sulfonamides is 1. The van der Waals surface area contributed by atoms with Gasteiger partial charge in [0.15, 0.2) is 5.69 Å². The summed E-state index contributed by atoms with van der Waals surface area (Å²) in [5.74, 6) is 0.644. The summed E-state index contributed by atoms with van der Waals surface area (Å²) in [5, 5.41) is 13.1. The SMILES string of the molecule is Cc1ccc(-c2nnc(-c3nn(C)c4c3CN(S(=O)(=O)c3ccccc3Cl)CC4)o2)cc1. The molecule has 0 N–H and O–H groups in total. The maximum Gasteiger partial charge on any atom is 0.268 e. The number of aromatic nitrogens is 4. The van der Waals surface area contributed by atoms with Gasteiger partial charge in [-0.15, -0.1) is 10.2 Å². The van der Waals surface area contributed by atoms with E-state index in [1.54, 1.807) is 22.9 Å². The van der Waals surface area contributed by atoms with Gasteiger partial charge >= 0.3 is 0 Å². The van der Waals surface area contributed by atoms with Gasteiger partial charge in [-0.25, -0.2) is 8.42 Å². The van der Waals surface area contributed by atoms with Crippen LogP contribution in [0.5, 0.6) is 0 Å². The van der Waals surface area contributed by atoms with Gasteiger partial charge < -0.3 is 4.42 Å². The first-order chi connectivity index (χ1) is 15.3. The lowest BCUT2D eigenvalue weighted by Crippen LogP contribution is -2.36. The molecule has 0 radical (unpaired) electrons. The van der Waals surface area contributed by atoms with Crippen LogP contribution in [0.3, 0.4) is 0 Å². The van der Waals surface area contributed by atoms with Crippen molar-refractivity contribution in [2.75, 3.05) is 6.54 Å². The molecule has 0 saturated carbocycles. The lowest BCUT2D eigenvalue weighted by Gasteiger charge is -2.27. The van der Waals surface area contributed by atoms with Crippen molar-refractivity contribution < 1.29 is 12.8 Å². The zero-order valence-electron chi connectivity index (χ0n) is 17.5. The second kappa shape index (κ2) is 7.84. The second-order valence-corrected chi connectivity index (χ2v) is 10.0. The molecule has 5 rings (SSSR count). The van der Waals surface area contributed by atoms with E-state index in [4.69, 9.17) is 16.0 Å². The lowest BCUT2D eigenvalue weighted by molar-refractivity contribution is 0.386. The van der Waals surface area contributed by atoms with Crippen LogP contribution in [0.1, 0.15) is 16.8 Å². The van der Waals surface area contributed by atoms with Crippen LogP contribution < -0.4 is 0 Å². The van der Waals surface area contributed by atoms with Gasteiger partial charge in [-0.3, -0.25) is 4.68 Å². The minimum atomic E-state index is -3.77. The Balaban J connectivity index is 1.51. The number of halogens is 1. The fourth-order valence-electron chi connectivity index (χ4n) is 3.87. The summed E-state index contributed by atoms with van der Waals surface area (Å²) < 4.78 is 35.6. The minimum Gasteiger partial charge on any atom is -0.415 e. The molecular formula is C22H20ClN5O3S. The number of fused-ring (bicyclic) bond motifs is 1. The molecule has 0 unspecified atom stereocenters. The summed E-state index contributed by atoms with van der Waals surface area (Å²) in [6.45, 7) is 2.48. The Morgan fingerprint density at radius 1 is 1.03 bits per heavy atom. The van der Waals surface area contributed by atoms with E-state index in [1.807, 2.05) is 38.2 Å². The zero-order valence-corrected chi connectivity index (χ0v) is 19.1. The molecule has 0 amide bonds. The molecule has 164 valence electrons. The first-order valence-electron chi connectivity index (χ1n) is 10.0. The lowest BCUT2D eigenvalue weighted by atomic mass is 10.1. The second-order valence-electron chi connectivity index (χ2n) is 7.69. The summed E-state index contributed by atoms with van der Waals surface area (Å²) in [6.07, 6.45) is 0.515. The van der Waals surface area contributed by atoms with Gasteiger partial charge in [0.1, 0.15) is 4.90 Å². The molecule has 1 aliphatic rings. The largest absolute Gasteiger partial charge is 0.415 e. The molecule has 1 aliphatic heterocycles. The number of nitrogens with zero attached hydrogens (tertiary/aromatic N) is 5. The standard InChI is InChI=1S/C22H20ClN5O3S/c1-14-7-9-15(10-8-14)21-24-25-22(31-21)20-16-13-28(12-11-18(16)27(2)26-20)32(29,30)19-6-4-3-5-17(19)23/h3-10H,11-13H2,1-2H3. The topological polar surface area (TPSA) is 94.1 Å². The minimum absolute atomic E-state index is 0.0926. The zero-order chi connectivity index (χ0) is 22.5. The number of rotatable bonds is 4. The smallest absolute Gasteiger partial charge is 0.268 e. The van der Waals surface area contributed by atoms with Gasteiger partial charge in [-0.05, 0) is 31.2 Å². The molecule has 3 heterocycles. The van der Waals surface area contributed by atoms with Crippen molar-refractivity contribution in [1.82, 2.24) is 24.3 Å². The Bertz CT molecular complexity index is 1410. The molecule has 0 saturated heterocycles. The van der Waals surface area contributed by atoms with Crippen molar-refractivity contribution in [3.8, 4) is 23.0 Å². The monoisotopic (exact) mass is 469 g/mol. The van der Waals surface area contributed by atoms with E-state index in [-0.39, 0.29) is 22.4 Å². The average Bonchev–Trinajstić information content (AvgIpc) is 3.39. The Morgan fingerprint density at radius 2 is 1.75 bits per heavy atom. The fourth-order valence-corrected chi connectivity index (χ4v) is 5.77. The normalized spacial score (nSPS) is 14.5. The Labute approximate surface area is 190 Å². The van der Waals surface area contributed by atoms with E-state index in [1.165, 1.54) is 10.4 Å². The van der Waals surface area contributed by atoms with E-state index < -0.39 is 10.0 Å². The molecule has 2 aromatic heterocycles. The van der Waals surface area contributed by atoms with Crippen molar-refractivity contribution in [3.05, 3.63) is 70.4 Å². The van der Waals surface area contributed by atoms with Crippen molar-refractivity contribution in [1.29, 1.82) is 0 Å². The van der Waals surface area contributed by atoms with E-state index in [2.05, 4.69) is 15.3 Å². The van der Waals surface area contributed by atoms with Gasteiger partial charge in [-0.1, -0.05) is 41.4 Å². The molecule has 32 heavy (non-hydrogen) atoms. The molecule has 2 aromatic carbocycles. The van der Waals surface area contributed by atoms with E-state index in [0.717, 1.165) is 22.4 Å². The molecule has 0 spiro atoms. The molecule has 4 aromatic rings. The van der Waals surface area contributed by atoms with Gasteiger partial charge in [0.25, 0.3) is 5.89 Å². The van der Waals surface area contributed by atoms with Gasteiger partial charge in [0, 0.05) is 43.4 Å². The van der Waals surface area contributed by atoms with Crippen molar-refractivity contribution in [2.24, 2.45) is 7.05 Å². The first kappa shape index (κ1) is 20.9. The average molecular weight is 470 g/mol. The third kappa shape index (κ3) is 3.52. The molecule has 0 aliphatic carbocycles. The van der Waals surface area contributed by atoms with Crippen LogP contribution in [0.4, 0.5) is 0 Å². The third-order valence-electron chi connectivity index (χ3n) is 5.59. The Hall–Kier alpha value is -3.01. The maximum absolute atomic E-state index is 13.3. The molecular weight excluding hydrogens is 450 g/mol. The summed E-state index contributed by atoms with van der Waals surface area (Å²) in [7, 11) is -1.94. The number of hydrogen-bond acceptors (Lipinski definition) is 6. The molecule has 0 fully saturated rings. The number of benzene rings is 2. The third-order valence-corrected chi connectivity index (χ3v) is 7.93. The molecule has 0 atom stereocenters. The van der Waals surface area contributed by atoms with Gasteiger partial charge in [0.05, 0.1) is 5.02 Å². The van der Waals surface area contributed by atoms with Crippen LogP contribution in [-0.2, 0) is 30.0 Å². The fraction of sp³-hybridized carbons (Fsp3) is 0.227. The summed E-state index contributed by atoms with van der Waals surface area (Å²) >= 11 is 6.17. The Morgan fingerprint density at radius 3 is 2.50 bits per heavy atom. The quantitative estimate of drug-likeness (QED) is 0.450. The van der Waals surface area contributed by atoms with Crippen molar-refractivity contribution in [3.63, 3.8) is 0 Å². The predicted octanol–water partition coefficient (Wildman–Crippen LogP) is 3.85. The predicted molar refractivity (Wildman–Crippen MR) is 119 cm³/mol. The number of hydrogen-bond donors (Lipinski definition) is 0. The van der Waals surface area contributed by atoms with Crippen LogP contribution in [0, 0.1) is 6.92 Å². The van der Waals surface area contributed by atoms with Gasteiger partial charge in [-0.2, -0.15) is 9.40 Å². The molecule has 10 heteroatoms. The number of aryl methyl sites for hydroxylation is 2.